The predicted octanol–water partition coefficient (Wildman–Crippen LogP) is 3.57. The van der Waals surface area contributed by atoms with Gasteiger partial charge in [0.15, 0.2) is 0 Å². The molecule has 1 heterocycles. The molecule has 0 saturated heterocycles. The van der Waals surface area contributed by atoms with Gasteiger partial charge in [-0.3, -0.25) is 14.6 Å². The molecule has 3 aromatic rings. The molecule has 0 unspecified atom stereocenters. The average Bonchev–Trinajstić information content (AvgIpc) is 3.01. The molecule has 3 rings (SSSR count). The summed E-state index contributed by atoms with van der Waals surface area (Å²) in [7, 11) is 0. The number of amides is 1. The summed E-state index contributed by atoms with van der Waals surface area (Å²) in [5, 5.41) is 12.6. The highest BCUT2D eigenvalue weighted by Crippen LogP contribution is 2.20. The van der Waals surface area contributed by atoms with E-state index < -0.39 is 0 Å². The van der Waals surface area contributed by atoms with Crippen molar-refractivity contribution in [2.45, 2.75) is 24.2 Å². The minimum absolute atomic E-state index is 0.0489. The number of benzene rings is 2. The molecule has 0 radical (unpaired) electrons. The molecule has 146 valence electrons. The SMILES string of the molecule is O=C(CCSc1ccccc1)NCCc1ccc(Cc2sc(=O)[nH]c2O)cc1. The van der Waals surface area contributed by atoms with Gasteiger partial charge in [0.1, 0.15) is 0 Å². The van der Waals surface area contributed by atoms with Crippen molar-refractivity contribution in [1.82, 2.24) is 10.3 Å². The van der Waals surface area contributed by atoms with Crippen LogP contribution in [-0.2, 0) is 17.6 Å². The molecule has 0 aliphatic heterocycles. The number of thiazole rings is 1. The van der Waals surface area contributed by atoms with E-state index in [9.17, 15) is 14.7 Å². The molecular formula is C21H22N2O3S2. The van der Waals surface area contributed by atoms with Crippen molar-refractivity contribution in [3.63, 3.8) is 0 Å². The van der Waals surface area contributed by atoms with Crippen LogP contribution in [0.15, 0.2) is 64.3 Å². The molecular weight excluding hydrogens is 392 g/mol. The summed E-state index contributed by atoms with van der Waals surface area (Å²) >= 11 is 2.71. The normalized spacial score (nSPS) is 10.7. The molecule has 7 heteroatoms. The van der Waals surface area contributed by atoms with Gasteiger partial charge < -0.3 is 10.4 Å². The molecule has 28 heavy (non-hydrogen) atoms. The maximum Gasteiger partial charge on any atom is 0.307 e. The third-order valence-electron chi connectivity index (χ3n) is 4.17. The summed E-state index contributed by atoms with van der Waals surface area (Å²) in [4.78, 5) is 27.1. The van der Waals surface area contributed by atoms with Gasteiger partial charge >= 0.3 is 4.87 Å². The van der Waals surface area contributed by atoms with Crippen molar-refractivity contribution in [2.24, 2.45) is 0 Å². The molecule has 0 atom stereocenters. The van der Waals surface area contributed by atoms with Crippen LogP contribution >= 0.6 is 23.1 Å². The monoisotopic (exact) mass is 414 g/mol. The number of H-pyrrole nitrogens is 1. The second kappa shape index (κ2) is 10.1. The third-order valence-corrected chi connectivity index (χ3v) is 6.05. The van der Waals surface area contributed by atoms with Crippen LogP contribution in [0.5, 0.6) is 5.88 Å². The maximum absolute atomic E-state index is 11.9. The van der Waals surface area contributed by atoms with E-state index in [1.54, 1.807) is 11.8 Å². The highest BCUT2D eigenvalue weighted by molar-refractivity contribution is 7.99. The van der Waals surface area contributed by atoms with Gasteiger partial charge in [-0.15, -0.1) is 11.8 Å². The van der Waals surface area contributed by atoms with Crippen LogP contribution in [-0.4, -0.2) is 28.3 Å². The number of hydrogen-bond donors (Lipinski definition) is 3. The molecule has 0 spiro atoms. The Kier molecular flexibility index (Phi) is 7.33. The van der Waals surface area contributed by atoms with E-state index in [1.165, 1.54) is 4.90 Å². The van der Waals surface area contributed by atoms with Gasteiger partial charge in [-0.1, -0.05) is 53.8 Å². The summed E-state index contributed by atoms with van der Waals surface area (Å²) in [5.74, 6) is 0.785. The van der Waals surface area contributed by atoms with E-state index in [1.807, 2.05) is 54.6 Å². The Hall–Kier alpha value is -2.51. The lowest BCUT2D eigenvalue weighted by atomic mass is 10.1. The Labute approximate surface area is 171 Å². The van der Waals surface area contributed by atoms with Crippen LogP contribution in [0, 0.1) is 0 Å². The minimum Gasteiger partial charge on any atom is -0.494 e. The van der Waals surface area contributed by atoms with Gasteiger partial charge in [-0.05, 0) is 29.7 Å². The van der Waals surface area contributed by atoms with Gasteiger partial charge in [-0.2, -0.15) is 0 Å². The number of hydrogen-bond acceptors (Lipinski definition) is 5. The van der Waals surface area contributed by atoms with Gasteiger partial charge in [0.2, 0.25) is 11.8 Å². The van der Waals surface area contributed by atoms with E-state index in [-0.39, 0.29) is 16.7 Å². The Morgan fingerprint density at radius 3 is 2.46 bits per heavy atom. The summed E-state index contributed by atoms with van der Waals surface area (Å²) < 4.78 is 0. The average molecular weight is 415 g/mol. The number of aromatic amines is 1. The van der Waals surface area contributed by atoms with Crippen LogP contribution in [0.4, 0.5) is 0 Å². The summed E-state index contributed by atoms with van der Waals surface area (Å²) in [6, 6.07) is 18.1. The predicted molar refractivity (Wildman–Crippen MR) is 114 cm³/mol. The zero-order chi connectivity index (χ0) is 19.8. The number of nitrogens with one attached hydrogen (secondary N) is 2. The first-order chi connectivity index (χ1) is 13.6. The molecule has 5 nitrogen and oxygen atoms in total. The fraction of sp³-hybridized carbons (Fsp3) is 0.238. The Bertz CT molecular complexity index is 950. The van der Waals surface area contributed by atoms with Crippen molar-refractivity contribution in [1.29, 1.82) is 0 Å². The first-order valence-electron chi connectivity index (χ1n) is 9.03. The number of carbonyl (C=O) groups is 1. The largest absolute Gasteiger partial charge is 0.494 e. The fourth-order valence-corrected chi connectivity index (χ4v) is 4.32. The van der Waals surface area contributed by atoms with Crippen LogP contribution in [0.2, 0.25) is 0 Å². The molecule has 0 bridgehead atoms. The molecule has 3 N–H and O–H groups in total. The van der Waals surface area contributed by atoms with E-state index >= 15 is 0 Å². The van der Waals surface area contributed by atoms with Gasteiger partial charge in [0.05, 0.1) is 4.88 Å². The fourth-order valence-electron chi connectivity index (χ4n) is 2.69. The molecule has 1 amide bonds. The standard InChI is InChI=1S/C21H22N2O3S2/c24-19(11-13-27-17-4-2-1-3-5-17)22-12-10-15-6-8-16(9-7-15)14-18-20(25)23-21(26)28-18/h1-9,25H,10-14H2,(H,22,24)(H,23,26). The highest BCUT2D eigenvalue weighted by atomic mass is 32.2. The Morgan fingerprint density at radius 1 is 1.07 bits per heavy atom. The van der Waals surface area contributed by atoms with Crippen molar-refractivity contribution in [3.8, 4) is 5.88 Å². The lowest BCUT2D eigenvalue weighted by Gasteiger charge is -2.07. The van der Waals surface area contributed by atoms with Crippen LogP contribution in [0.3, 0.4) is 0 Å². The minimum atomic E-state index is -0.248. The number of rotatable bonds is 9. The third kappa shape index (κ3) is 6.28. The molecule has 2 aromatic carbocycles. The van der Waals surface area contributed by atoms with Crippen LogP contribution in [0.1, 0.15) is 22.4 Å². The molecule has 0 saturated carbocycles. The van der Waals surface area contributed by atoms with E-state index in [4.69, 9.17) is 0 Å². The number of aromatic nitrogens is 1. The summed E-state index contributed by atoms with van der Waals surface area (Å²) in [5.41, 5.74) is 2.16. The van der Waals surface area contributed by atoms with Crippen molar-refractivity contribution in [3.05, 3.63) is 80.3 Å². The quantitative estimate of drug-likeness (QED) is 0.468. The molecule has 0 aliphatic carbocycles. The number of carbonyl (C=O) groups excluding carboxylic acids is 1. The number of aromatic hydroxyl groups is 1. The molecule has 1 aromatic heterocycles. The zero-order valence-corrected chi connectivity index (χ0v) is 16.9. The van der Waals surface area contributed by atoms with E-state index in [0.29, 0.717) is 24.3 Å². The second-order valence-electron chi connectivity index (χ2n) is 6.29. The van der Waals surface area contributed by atoms with E-state index in [2.05, 4.69) is 10.3 Å². The summed E-state index contributed by atoms with van der Waals surface area (Å²) in [6.07, 6.45) is 1.79. The maximum atomic E-state index is 11.9. The van der Waals surface area contributed by atoms with Crippen molar-refractivity contribution >= 4 is 29.0 Å². The first kappa shape index (κ1) is 20.2. The zero-order valence-electron chi connectivity index (χ0n) is 15.3. The van der Waals surface area contributed by atoms with Gasteiger partial charge in [0, 0.05) is 30.0 Å². The number of thioether (sulfide) groups is 1. The molecule has 0 fully saturated rings. The Balaban J connectivity index is 1.37. The first-order valence-corrected chi connectivity index (χ1v) is 10.8. The van der Waals surface area contributed by atoms with Gasteiger partial charge in [-0.25, -0.2) is 0 Å². The topological polar surface area (TPSA) is 82.2 Å². The highest BCUT2D eigenvalue weighted by Gasteiger charge is 2.07. The van der Waals surface area contributed by atoms with E-state index in [0.717, 1.165) is 34.6 Å². The van der Waals surface area contributed by atoms with Crippen molar-refractivity contribution in [2.75, 3.05) is 12.3 Å². The van der Waals surface area contributed by atoms with Crippen molar-refractivity contribution < 1.29 is 9.90 Å². The second-order valence-corrected chi connectivity index (χ2v) is 8.53. The lowest BCUT2D eigenvalue weighted by molar-refractivity contribution is -0.120. The van der Waals surface area contributed by atoms with Crippen LogP contribution < -0.4 is 10.2 Å². The molecule has 0 aliphatic rings. The Morgan fingerprint density at radius 2 is 1.79 bits per heavy atom. The van der Waals surface area contributed by atoms with Gasteiger partial charge in [0.25, 0.3) is 0 Å². The summed E-state index contributed by atoms with van der Waals surface area (Å²) in [6.45, 7) is 0.606. The smallest absolute Gasteiger partial charge is 0.307 e. The lowest BCUT2D eigenvalue weighted by Crippen LogP contribution is -2.25. The van der Waals surface area contributed by atoms with Crippen LogP contribution in [0.25, 0.3) is 0 Å².